The Morgan fingerprint density at radius 3 is 2.68 bits per heavy atom. The van der Waals surface area contributed by atoms with Crippen molar-refractivity contribution >= 4 is 29.9 Å². The highest BCUT2D eigenvalue weighted by atomic mass is 127. The minimum Gasteiger partial charge on any atom is -0.489 e. The van der Waals surface area contributed by atoms with Crippen LogP contribution in [-0.4, -0.2) is 44.9 Å². The van der Waals surface area contributed by atoms with Gasteiger partial charge < -0.3 is 20.1 Å². The average Bonchev–Trinajstić information content (AvgIpc) is 2.55. The van der Waals surface area contributed by atoms with E-state index in [0.29, 0.717) is 6.54 Å². The monoisotopic (exact) mass is 463 g/mol. The second-order valence-electron chi connectivity index (χ2n) is 5.80. The standard InChI is InChI=1S/C19H33N3O2.HI/c1-5-20-19(21-12-7-8-13-23-6-2)22-15-17(4)24-18-11-9-10-16(3)14-18;/h9-11,14,17H,5-8,12-13,15H2,1-4H3,(H2,20,21,22);1H. The van der Waals surface area contributed by atoms with E-state index in [1.54, 1.807) is 0 Å². The Kier molecular flexibility index (Phi) is 14.6. The van der Waals surface area contributed by atoms with E-state index in [9.17, 15) is 0 Å². The molecule has 25 heavy (non-hydrogen) atoms. The Labute approximate surface area is 170 Å². The van der Waals surface area contributed by atoms with Gasteiger partial charge >= 0.3 is 0 Å². The maximum Gasteiger partial charge on any atom is 0.191 e. The van der Waals surface area contributed by atoms with Crippen LogP contribution in [0.2, 0.25) is 0 Å². The molecule has 0 aromatic heterocycles. The van der Waals surface area contributed by atoms with Crippen molar-refractivity contribution in [2.24, 2.45) is 4.99 Å². The lowest BCUT2D eigenvalue weighted by molar-refractivity contribution is 0.143. The second-order valence-corrected chi connectivity index (χ2v) is 5.80. The molecule has 1 aromatic rings. The first-order valence-corrected chi connectivity index (χ1v) is 8.99. The predicted octanol–water partition coefficient (Wildman–Crippen LogP) is 3.75. The summed E-state index contributed by atoms with van der Waals surface area (Å²) in [5, 5.41) is 6.62. The number of benzene rings is 1. The minimum absolute atomic E-state index is 0. The van der Waals surface area contributed by atoms with Crippen molar-refractivity contribution in [3.05, 3.63) is 29.8 Å². The first-order valence-electron chi connectivity index (χ1n) is 8.99. The fraction of sp³-hybridized carbons (Fsp3) is 0.632. The molecule has 2 N–H and O–H groups in total. The van der Waals surface area contributed by atoms with Gasteiger partial charge in [0.05, 0.1) is 6.54 Å². The summed E-state index contributed by atoms with van der Waals surface area (Å²) in [7, 11) is 0. The largest absolute Gasteiger partial charge is 0.489 e. The number of nitrogens with one attached hydrogen (secondary N) is 2. The quantitative estimate of drug-likeness (QED) is 0.227. The van der Waals surface area contributed by atoms with Crippen LogP contribution >= 0.6 is 24.0 Å². The normalized spacial score (nSPS) is 12.2. The lowest BCUT2D eigenvalue weighted by atomic mass is 10.2. The summed E-state index contributed by atoms with van der Waals surface area (Å²) in [6.07, 6.45) is 2.16. The highest BCUT2D eigenvalue weighted by Gasteiger charge is 2.05. The number of rotatable bonds is 11. The third-order valence-electron chi connectivity index (χ3n) is 3.39. The Bertz CT molecular complexity index is 483. The molecule has 0 amide bonds. The van der Waals surface area contributed by atoms with Gasteiger partial charge in [0.2, 0.25) is 0 Å². The molecular formula is C19H34IN3O2. The van der Waals surface area contributed by atoms with E-state index < -0.39 is 0 Å². The predicted molar refractivity (Wildman–Crippen MR) is 116 cm³/mol. The van der Waals surface area contributed by atoms with Crippen LogP contribution in [0.1, 0.15) is 39.2 Å². The molecular weight excluding hydrogens is 429 g/mol. The smallest absolute Gasteiger partial charge is 0.191 e. The van der Waals surface area contributed by atoms with Crippen LogP contribution in [0.15, 0.2) is 29.3 Å². The van der Waals surface area contributed by atoms with Gasteiger partial charge in [-0.3, -0.25) is 0 Å². The van der Waals surface area contributed by atoms with Crippen LogP contribution in [0.25, 0.3) is 0 Å². The number of hydrogen-bond acceptors (Lipinski definition) is 3. The molecule has 5 nitrogen and oxygen atoms in total. The Morgan fingerprint density at radius 1 is 1.20 bits per heavy atom. The fourth-order valence-electron chi connectivity index (χ4n) is 2.20. The van der Waals surface area contributed by atoms with E-state index in [-0.39, 0.29) is 30.1 Å². The topological polar surface area (TPSA) is 54.9 Å². The van der Waals surface area contributed by atoms with E-state index in [2.05, 4.69) is 35.5 Å². The molecule has 1 unspecified atom stereocenters. The van der Waals surface area contributed by atoms with E-state index in [0.717, 1.165) is 50.9 Å². The summed E-state index contributed by atoms with van der Waals surface area (Å²) in [5.74, 6) is 1.74. The maximum atomic E-state index is 5.91. The average molecular weight is 463 g/mol. The molecule has 0 aliphatic heterocycles. The van der Waals surface area contributed by atoms with Crippen molar-refractivity contribution in [2.75, 3.05) is 32.8 Å². The van der Waals surface area contributed by atoms with E-state index in [4.69, 9.17) is 9.47 Å². The zero-order valence-electron chi connectivity index (χ0n) is 16.0. The number of aryl methyl sites for hydroxylation is 1. The van der Waals surface area contributed by atoms with Gasteiger partial charge in [0.25, 0.3) is 0 Å². The highest BCUT2D eigenvalue weighted by Crippen LogP contribution is 2.14. The van der Waals surface area contributed by atoms with Gasteiger partial charge in [-0.1, -0.05) is 12.1 Å². The molecule has 0 spiro atoms. The molecule has 0 saturated carbocycles. The zero-order chi connectivity index (χ0) is 17.6. The number of guanidine groups is 1. The molecule has 0 radical (unpaired) electrons. The summed E-state index contributed by atoms with van der Waals surface area (Å²) in [6.45, 7) is 12.2. The molecule has 0 saturated heterocycles. The lowest BCUT2D eigenvalue weighted by Gasteiger charge is -2.15. The molecule has 144 valence electrons. The van der Waals surface area contributed by atoms with Crippen LogP contribution in [0.5, 0.6) is 5.75 Å². The first kappa shape index (κ1) is 24.0. The van der Waals surface area contributed by atoms with Gasteiger partial charge in [-0.15, -0.1) is 24.0 Å². The molecule has 1 rings (SSSR count). The van der Waals surface area contributed by atoms with Crippen LogP contribution in [0.4, 0.5) is 0 Å². The molecule has 0 aliphatic carbocycles. The van der Waals surface area contributed by atoms with E-state index >= 15 is 0 Å². The van der Waals surface area contributed by atoms with Crippen molar-refractivity contribution in [2.45, 2.75) is 46.6 Å². The molecule has 0 aliphatic rings. The van der Waals surface area contributed by atoms with Crippen molar-refractivity contribution in [3.8, 4) is 5.75 Å². The van der Waals surface area contributed by atoms with Gasteiger partial charge in [-0.2, -0.15) is 0 Å². The van der Waals surface area contributed by atoms with Gasteiger partial charge in [0.1, 0.15) is 11.9 Å². The molecule has 0 bridgehead atoms. The molecule has 6 heteroatoms. The fourth-order valence-corrected chi connectivity index (χ4v) is 2.20. The maximum absolute atomic E-state index is 5.91. The first-order chi connectivity index (χ1) is 11.7. The van der Waals surface area contributed by atoms with Crippen molar-refractivity contribution < 1.29 is 9.47 Å². The van der Waals surface area contributed by atoms with Gasteiger partial charge in [-0.25, -0.2) is 4.99 Å². The highest BCUT2D eigenvalue weighted by molar-refractivity contribution is 14.0. The van der Waals surface area contributed by atoms with Crippen LogP contribution < -0.4 is 15.4 Å². The molecule has 1 atom stereocenters. The summed E-state index contributed by atoms with van der Waals surface area (Å²) >= 11 is 0. The molecule has 1 aromatic carbocycles. The van der Waals surface area contributed by atoms with Crippen LogP contribution in [0, 0.1) is 6.92 Å². The van der Waals surface area contributed by atoms with Gasteiger partial charge in [-0.05, 0) is 58.2 Å². The van der Waals surface area contributed by atoms with Crippen molar-refractivity contribution in [1.82, 2.24) is 10.6 Å². The molecule has 0 fully saturated rings. The Hall–Kier alpha value is -1.02. The number of aliphatic imine (C=N–C) groups is 1. The third kappa shape index (κ3) is 12.0. The van der Waals surface area contributed by atoms with Gasteiger partial charge in [0, 0.05) is 26.3 Å². The van der Waals surface area contributed by atoms with Crippen molar-refractivity contribution in [3.63, 3.8) is 0 Å². The third-order valence-corrected chi connectivity index (χ3v) is 3.39. The Morgan fingerprint density at radius 2 is 2.00 bits per heavy atom. The summed E-state index contributed by atoms with van der Waals surface area (Å²) in [5.41, 5.74) is 1.20. The number of nitrogens with zero attached hydrogens (tertiary/aromatic N) is 1. The molecule has 0 heterocycles. The number of ether oxygens (including phenoxy) is 2. The van der Waals surface area contributed by atoms with Crippen LogP contribution in [0.3, 0.4) is 0 Å². The summed E-state index contributed by atoms with van der Waals surface area (Å²) < 4.78 is 11.3. The summed E-state index contributed by atoms with van der Waals surface area (Å²) in [4.78, 5) is 4.60. The SMILES string of the molecule is CCNC(=NCC(C)Oc1cccc(C)c1)NCCCCOCC.I. The van der Waals surface area contributed by atoms with Crippen molar-refractivity contribution in [1.29, 1.82) is 0 Å². The minimum atomic E-state index is 0. The van der Waals surface area contributed by atoms with E-state index in [1.165, 1.54) is 5.56 Å². The zero-order valence-corrected chi connectivity index (χ0v) is 18.3. The summed E-state index contributed by atoms with van der Waals surface area (Å²) in [6, 6.07) is 8.10. The number of halogens is 1. The number of unbranched alkanes of at least 4 members (excludes halogenated alkanes) is 1. The number of hydrogen-bond donors (Lipinski definition) is 2. The lowest BCUT2D eigenvalue weighted by Crippen LogP contribution is -2.38. The van der Waals surface area contributed by atoms with Crippen LogP contribution in [-0.2, 0) is 4.74 Å². The van der Waals surface area contributed by atoms with Gasteiger partial charge in [0.15, 0.2) is 5.96 Å². The Balaban J connectivity index is 0.00000576. The van der Waals surface area contributed by atoms with E-state index in [1.807, 2.05) is 32.0 Å². The second kappa shape index (κ2) is 15.3.